The number of hydrogen-bond acceptors (Lipinski definition) is 5. The summed E-state index contributed by atoms with van der Waals surface area (Å²) in [5.74, 6) is 0. The smallest absolute Gasteiger partial charge is 0.258 e. The Morgan fingerprint density at radius 3 is 2.50 bits per heavy atom. The van der Waals surface area contributed by atoms with Crippen molar-refractivity contribution in [2.75, 3.05) is 0 Å². The van der Waals surface area contributed by atoms with Crippen molar-refractivity contribution in [3.05, 3.63) is 21.6 Å². The van der Waals surface area contributed by atoms with E-state index in [-0.39, 0.29) is 0 Å². The number of nitro groups is 1. The molecule has 1 heterocycles. The fourth-order valence-electron chi connectivity index (χ4n) is 0.637. The molecular weight excluding hydrogens is 204 g/mol. The average Bonchev–Trinajstić information content (AvgIpc) is 2.30. The van der Waals surface area contributed by atoms with E-state index < -0.39 is 24.8 Å². The maximum Gasteiger partial charge on any atom is 0.300 e. The highest BCUT2D eigenvalue weighted by molar-refractivity contribution is 7.91. The van der Waals surface area contributed by atoms with Gasteiger partial charge in [-0.2, -0.15) is 0 Å². The molecule has 66 valence electrons. The van der Waals surface area contributed by atoms with Gasteiger partial charge in [-0.15, -0.1) is 11.3 Å². The monoisotopic (exact) mass is 208 g/mol. The van der Waals surface area contributed by atoms with Crippen molar-refractivity contribution in [3.8, 4) is 0 Å². The van der Waals surface area contributed by atoms with E-state index in [1.165, 1.54) is 5.38 Å². The number of hydrogen-bond donors (Lipinski definition) is 1. The van der Waals surface area contributed by atoms with Crippen molar-refractivity contribution in [1.29, 1.82) is 0 Å². The van der Waals surface area contributed by atoms with Crippen LogP contribution in [0.2, 0.25) is 0 Å². The zero-order valence-corrected chi connectivity index (χ0v) is 7.26. The van der Waals surface area contributed by atoms with Gasteiger partial charge in [-0.3, -0.25) is 10.1 Å². The number of nitrogens with two attached hydrogens (primary N) is 1. The zero-order chi connectivity index (χ0) is 9.35. The first kappa shape index (κ1) is 9.10. The van der Waals surface area contributed by atoms with Crippen LogP contribution in [0, 0.1) is 10.1 Å². The van der Waals surface area contributed by atoms with Gasteiger partial charge in [-0.05, 0) is 5.38 Å². The van der Waals surface area contributed by atoms with Gasteiger partial charge in [0.25, 0.3) is 15.7 Å². The van der Waals surface area contributed by atoms with Crippen molar-refractivity contribution >= 4 is 27.0 Å². The van der Waals surface area contributed by atoms with E-state index in [0.717, 1.165) is 17.4 Å². The molecule has 1 aromatic heterocycles. The number of rotatable bonds is 2. The lowest BCUT2D eigenvalue weighted by atomic mass is 10.6. The second kappa shape index (κ2) is 2.81. The summed E-state index contributed by atoms with van der Waals surface area (Å²) in [6.45, 7) is 0. The molecule has 0 unspecified atom stereocenters. The van der Waals surface area contributed by atoms with E-state index in [9.17, 15) is 18.5 Å². The third kappa shape index (κ3) is 1.60. The van der Waals surface area contributed by atoms with Gasteiger partial charge in [0.2, 0.25) is 4.21 Å². The number of thiophene rings is 1. The molecule has 0 fully saturated rings. The van der Waals surface area contributed by atoms with E-state index in [1.807, 2.05) is 0 Å². The van der Waals surface area contributed by atoms with Crippen LogP contribution >= 0.6 is 11.3 Å². The first-order valence-electron chi connectivity index (χ1n) is 2.67. The lowest BCUT2D eigenvalue weighted by Gasteiger charge is -1.91. The van der Waals surface area contributed by atoms with Gasteiger partial charge in [0.15, 0.2) is 0 Å². The fraction of sp³-hybridized carbons (Fsp3) is 0. The molecule has 0 bridgehead atoms. The Morgan fingerprint density at radius 1 is 1.58 bits per heavy atom. The lowest BCUT2D eigenvalue weighted by molar-refractivity contribution is -0.387. The van der Waals surface area contributed by atoms with E-state index in [2.05, 4.69) is 0 Å². The minimum absolute atomic E-state index is 0.410. The van der Waals surface area contributed by atoms with Gasteiger partial charge in [0.05, 0.1) is 4.92 Å². The van der Waals surface area contributed by atoms with Gasteiger partial charge in [-0.25, -0.2) is 13.6 Å². The van der Waals surface area contributed by atoms with Crippen LogP contribution in [0.4, 0.5) is 5.69 Å². The van der Waals surface area contributed by atoms with Crippen LogP contribution in [0.15, 0.2) is 15.7 Å². The van der Waals surface area contributed by atoms with Crippen LogP contribution in [0.25, 0.3) is 0 Å². The molecule has 12 heavy (non-hydrogen) atoms. The molecule has 0 aromatic carbocycles. The first-order valence-corrected chi connectivity index (χ1v) is 5.10. The van der Waals surface area contributed by atoms with Crippen LogP contribution in [0.1, 0.15) is 0 Å². The summed E-state index contributed by atoms with van der Waals surface area (Å²) >= 11 is 0.730. The van der Waals surface area contributed by atoms with Crippen LogP contribution in [0.3, 0.4) is 0 Å². The molecule has 1 aromatic rings. The Kier molecular flexibility index (Phi) is 2.13. The maximum atomic E-state index is 10.7. The fourth-order valence-corrected chi connectivity index (χ4v) is 2.36. The van der Waals surface area contributed by atoms with E-state index >= 15 is 0 Å². The van der Waals surface area contributed by atoms with Gasteiger partial charge >= 0.3 is 0 Å². The molecule has 0 spiro atoms. The summed E-state index contributed by atoms with van der Waals surface area (Å²) in [5, 5.41) is 16.2. The van der Waals surface area contributed by atoms with Crippen LogP contribution in [-0.4, -0.2) is 13.3 Å². The standard InChI is InChI=1S/C4H4N2O4S2/c5-12(9,10)4-3(6(7)8)1-2-11-4/h1-2H,(H2,5,9,10). The molecular formula is C4H4N2O4S2. The molecule has 0 radical (unpaired) electrons. The zero-order valence-electron chi connectivity index (χ0n) is 5.63. The quantitative estimate of drug-likeness (QED) is 0.557. The summed E-state index contributed by atoms with van der Waals surface area (Å²) in [6, 6.07) is 1.10. The minimum Gasteiger partial charge on any atom is -0.258 e. The highest BCUT2D eigenvalue weighted by Crippen LogP contribution is 2.27. The molecule has 8 heteroatoms. The molecule has 0 saturated heterocycles. The van der Waals surface area contributed by atoms with Gasteiger partial charge < -0.3 is 0 Å². The molecule has 0 aliphatic carbocycles. The Bertz CT molecular complexity index is 406. The maximum absolute atomic E-state index is 10.7. The SMILES string of the molecule is NS(=O)(=O)c1sccc1[N+](=O)[O-]. The largest absolute Gasteiger partial charge is 0.300 e. The predicted molar refractivity (Wildman–Crippen MR) is 42.3 cm³/mol. The van der Waals surface area contributed by atoms with Crippen molar-refractivity contribution in [1.82, 2.24) is 0 Å². The summed E-state index contributed by atoms with van der Waals surface area (Å²) in [4.78, 5) is 9.44. The van der Waals surface area contributed by atoms with E-state index in [4.69, 9.17) is 5.14 Å². The topological polar surface area (TPSA) is 103 Å². The second-order valence-corrected chi connectivity index (χ2v) is 4.57. The van der Waals surface area contributed by atoms with Crippen molar-refractivity contribution in [2.24, 2.45) is 5.14 Å². The van der Waals surface area contributed by atoms with Crippen molar-refractivity contribution in [3.63, 3.8) is 0 Å². The van der Waals surface area contributed by atoms with Gasteiger partial charge in [0, 0.05) is 6.07 Å². The molecule has 6 nitrogen and oxygen atoms in total. The van der Waals surface area contributed by atoms with E-state index in [1.54, 1.807) is 0 Å². The molecule has 0 atom stereocenters. The number of sulfonamides is 1. The lowest BCUT2D eigenvalue weighted by Crippen LogP contribution is -2.11. The van der Waals surface area contributed by atoms with Crippen LogP contribution in [0.5, 0.6) is 0 Å². The summed E-state index contributed by atoms with van der Waals surface area (Å²) in [6.07, 6.45) is 0. The van der Waals surface area contributed by atoms with Gasteiger partial charge in [0.1, 0.15) is 0 Å². The summed E-state index contributed by atoms with van der Waals surface area (Å²) in [7, 11) is -3.96. The number of primary sulfonamides is 1. The van der Waals surface area contributed by atoms with Crippen LogP contribution < -0.4 is 5.14 Å². The molecule has 2 N–H and O–H groups in total. The van der Waals surface area contributed by atoms with E-state index in [0.29, 0.717) is 0 Å². The molecule has 0 amide bonds. The Balaban J connectivity index is 3.36. The Labute approximate surface area is 71.8 Å². The van der Waals surface area contributed by atoms with Crippen molar-refractivity contribution < 1.29 is 13.3 Å². The molecule has 0 aliphatic rings. The normalized spacial score (nSPS) is 11.4. The van der Waals surface area contributed by atoms with Crippen molar-refractivity contribution in [2.45, 2.75) is 4.21 Å². The van der Waals surface area contributed by atoms with Gasteiger partial charge in [-0.1, -0.05) is 0 Å². The minimum atomic E-state index is -3.96. The Morgan fingerprint density at radius 2 is 2.17 bits per heavy atom. The third-order valence-electron chi connectivity index (χ3n) is 1.07. The summed E-state index contributed by atoms with van der Waals surface area (Å²) < 4.78 is 21.0. The number of nitrogens with zero attached hydrogens (tertiary/aromatic N) is 1. The highest BCUT2D eigenvalue weighted by Gasteiger charge is 2.23. The second-order valence-electron chi connectivity index (χ2n) is 1.90. The Hall–Kier alpha value is -0.990. The molecule has 0 saturated carbocycles. The average molecular weight is 208 g/mol. The first-order chi connectivity index (χ1) is 5.43. The molecule has 1 rings (SSSR count). The predicted octanol–water partition coefficient (Wildman–Crippen LogP) is 0.304. The summed E-state index contributed by atoms with van der Waals surface area (Å²) in [5.41, 5.74) is -0.470. The van der Waals surface area contributed by atoms with Crippen LogP contribution in [-0.2, 0) is 10.0 Å². The molecule has 0 aliphatic heterocycles. The highest BCUT2D eigenvalue weighted by atomic mass is 32.2. The third-order valence-corrected chi connectivity index (χ3v) is 3.47.